The Hall–Kier alpha value is -3.52. The van der Waals surface area contributed by atoms with Crippen LogP contribution in [0.2, 0.25) is 0 Å². The Bertz CT molecular complexity index is 1230. The van der Waals surface area contributed by atoms with Crippen molar-refractivity contribution in [1.82, 2.24) is 0 Å². The lowest BCUT2D eigenvalue weighted by Crippen LogP contribution is -2.42. The smallest absolute Gasteiger partial charge is 0.264 e. The highest BCUT2D eigenvalue weighted by Gasteiger charge is 2.32. The van der Waals surface area contributed by atoms with E-state index in [4.69, 9.17) is 9.47 Å². The molecule has 0 aromatic heterocycles. The number of rotatable bonds is 6. The van der Waals surface area contributed by atoms with Gasteiger partial charge in [0.05, 0.1) is 17.1 Å². The largest absolute Gasteiger partial charge is 0.487 e. The van der Waals surface area contributed by atoms with Crippen LogP contribution < -0.4 is 19.1 Å². The van der Waals surface area contributed by atoms with Crippen molar-refractivity contribution in [1.29, 1.82) is 0 Å². The maximum Gasteiger partial charge on any atom is 0.264 e. The van der Waals surface area contributed by atoms with Gasteiger partial charge < -0.3 is 14.8 Å². The number of nitrogens with one attached hydrogen (secondary N) is 1. The van der Waals surface area contributed by atoms with Crippen molar-refractivity contribution in [3.05, 3.63) is 78.4 Å². The maximum absolute atomic E-state index is 13.3. The number of hydrogen-bond acceptors (Lipinski definition) is 5. The van der Waals surface area contributed by atoms with E-state index in [-0.39, 0.29) is 30.1 Å². The third-order valence-electron chi connectivity index (χ3n) is 5.06. The van der Waals surface area contributed by atoms with E-state index in [0.29, 0.717) is 22.9 Å². The first-order valence-corrected chi connectivity index (χ1v) is 11.7. The molecule has 32 heavy (non-hydrogen) atoms. The molecule has 3 aromatic carbocycles. The van der Waals surface area contributed by atoms with Gasteiger partial charge in [0.25, 0.3) is 15.9 Å². The Morgan fingerprint density at radius 1 is 1.06 bits per heavy atom. The highest BCUT2D eigenvalue weighted by atomic mass is 32.2. The van der Waals surface area contributed by atoms with Gasteiger partial charge in [0.2, 0.25) is 0 Å². The summed E-state index contributed by atoms with van der Waals surface area (Å²) in [5.41, 5.74) is 1.93. The van der Waals surface area contributed by atoms with Crippen LogP contribution in [-0.2, 0) is 14.8 Å². The molecule has 0 fully saturated rings. The molecule has 8 heteroatoms. The van der Waals surface area contributed by atoms with Crippen LogP contribution in [0.1, 0.15) is 12.5 Å². The molecule has 1 atom stereocenters. The average molecular weight is 453 g/mol. The molecule has 7 nitrogen and oxygen atoms in total. The summed E-state index contributed by atoms with van der Waals surface area (Å²) in [5.74, 6) is 0.844. The van der Waals surface area contributed by atoms with Crippen molar-refractivity contribution in [3.63, 3.8) is 0 Å². The summed E-state index contributed by atoms with van der Waals surface area (Å²) in [5, 5.41) is 2.72. The van der Waals surface area contributed by atoms with Gasteiger partial charge in [-0.2, -0.15) is 0 Å². The number of ether oxygens (including phenoxy) is 2. The van der Waals surface area contributed by atoms with Crippen LogP contribution in [0, 0.1) is 6.92 Å². The highest BCUT2D eigenvalue weighted by molar-refractivity contribution is 7.92. The van der Waals surface area contributed by atoms with Gasteiger partial charge >= 0.3 is 0 Å². The second-order valence-corrected chi connectivity index (χ2v) is 9.42. The molecule has 0 saturated carbocycles. The van der Waals surface area contributed by atoms with Crippen LogP contribution >= 0.6 is 0 Å². The van der Waals surface area contributed by atoms with Crippen molar-refractivity contribution in [2.75, 3.05) is 22.8 Å². The van der Waals surface area contributed by atoms with E-state index >= 15 is 0 Å². The molecular formula is C24H24N2O5S. The highest BCUT2D eigenvalue weighted by Crippen LogP contribution is 2.36. The van der Waals surface area contributed by atoms with Gasteiger partial charge in [0.1, 0.15) is 17.6 Å². The minimum atomic E-state index is -3.79. The van der Waals surface area contributed by atoms with Crippen molar-refractivity contribution >= 4 is 27.3 Å². The van der Waals surface area contributed by atoms with E-state index in [2.05, 4.69) is 5.32 Å². The number of nitrogens with zero attached hydrogens (tertiary/aromatic N) is 1. The van der Waals surface area contributed by atoms with Gasteiger partial charge in [0.15, 0.2) is 6.61 Å². The number of aryl methyl sites for hydroxylation is 1. The molecular weight excluding hydrogens is 428 g/mol. The fourth-order valence-electron chi connectivity index (χ4n) is 3.47. The molecule has 1 N–H and O–H groups in total. The summed E-state index contributed by atoms with van der Waals surface area (Å²) in [6.45, 7) is 3.80. The van der Waals surface area contributed by atoms with Gasteiger partial charge in [-0.05, 0) is 61.9 Å². The minimum Gasteiger partial charge on any atom is -0.487 e. The molecule has 166 valence electrons. The Balaban J connectivity index is 1.45. The first kappa shape index (κ1) is 21.7. The topological polar surface area (TPSA) is 84.9 Å². The van der Waals surface area contributed by atoms with E-state index in [9.17, 15) is 13.2 Å². The molecule has 0 unspecified atom stereocenters. The first-order valence-electron chi connectivity index (χ1n) is 10.2. The molecule has 0 saturated heterocycles. The number of benzene rings is 3. The third-order valence-corrected chi connectivity index (χ3v) is 6.86. The lowest BCUT2D eigenvalue weighted by atomic mass is 10.2. The summed E-state index contributed by atoms with van der Waals surface area (Å²) in [6, 6.07) is 20.6. The number of sulfonamides is 1. The van der Waals surface area contributed by atoms with E-state index in [1.165, 1.54) is 16.4 Å². The van der Waals surface area contributed by atoms with Crippen LogP contribution in [0.25, 0.3) is 0 Å². The predicted molar refractivity (Wildman–Crippen MR) is 123 cm³/mol. The molecule has 1 heterocycles. The van der Waals surface area contributed by atoms with Gasteiger partial charge in [-0.3, -0.25) is 9.10 Å². The molecule has 0 aliphatic carbocycles. The Kier molecular flexibility index (Phi) is 6.05. The van der Waals surface area contributed by atoms with Gasteiger partial charge in [0, 0.05) is 5.69 Å². The zero-order chi connectivity index (χ0) is 22.7. The normalized spacial score (nSPS) is 15.4. The van der Waals surface area contributed by atoms with E-state index in [1.54, 1.807) is 36.4 Å². The summed E-state index contributed by atoms with van der Waals surface area (Å²) in [4.78, 5) is 12.4. The predicted octanol–water partition coefficient (Wildman–Crippen LogP) is 3.99. The van der Waals surface area contributed by atoms with Gasteiger partial charge in [-0.25, -0.2) is 8.42 Å². The van der Waals surface area contributed by atoms with E-state index in [1.807, 2.05) is 38.1 Å². The summed E-state index contributed by atoms with van der Waals surface area (Å²) in [6.07, 6.45) is -0.272. The zero-order valence-electron chi connectivity index (χ0n) is 17.8. The van der Waals surface area contributed by atoms with Gasteiger partial charge in [-0.15, -0.1) is 0 Å². The Labute approximate surface area is 187 Å². The summed E-state index contributed by atoms with van der Waals surface area (Å²) >= 11 is 0. The number of carbonyl (C=O) groups excluding carboxylic acids is 1. The van der Waals surface area contributed by atoms with Crippen LogP contribution in [-0.4, -0.2) is 33.6 Å². The lowest BCUT2D eigenvalue weighted by molar-refractivity contribution is -0.118. The number of anilines is 2. The van der Waals surface area contributed by atoms with Crippen molar-refractivity contribution < 1.29 is 22.7 Å². The number of hydrogen-bond donors (Lipinski definition) is 1. The van der Waals surface area contributed by atoms with Crippen molar-refractivity contribution in [2.24, 2.45) is 0 Å². The molecule has 3 aromatic rings. The van der Waals surface area contributed by atoms with Crippen LogP contribution in [0.15, 0.2) is 77.7 Å². The summed E-state index contributed by atoms with van der Waals surface area (Å²) in [7, 11) is -3.79. The Morgan fingerprint density at radius 2 is 1.75 bits per heavy atom. The monoisotopic (exact) mass is 452 g/mol. The molecule has 0 spiro atoms. The van der Waals surface area contributed by atoms with Crippen LogP contribution in [0.4, 0.5) is 11.4 Å². The van der Waals surface area contributed by atoms with E-state index in [0.717, 1.165) is 5.56 Å². The standard InChI is InChI=1S/C24H24N2O5S/c1-17-7-3-5-9-22(17)30-16-24(27)25-19-11-13-20(14-12-19)32(28,29)26-15-18(2)31-23-10-6-4-8-21(23)26/h3-14,18H,15-16H2,1-2H3,(H,25,27)/t18-/m0/s1. The number of fused-ring (bicyclic) bond motifs is 1. The third kappa shape index (κ3) is 4.55. The van der Waals surface area contributed by atoms with Gasteiger partial charge in [-0.1, -0.05) is 30.3 Å². The van der Waals surface area contributed by atoms with Crippen molar-refractivity contribution in [2.45, 2.75) is 24.8 Å². The molecule has 1 amide bonds. The Morgan fingerprint density at radius 3 is 2.50 bits per heavy atom. The average Bonchev–Trinajstić information content (AvgIpc) is 2.78. The maximum atomic E-state index is 13.3. The SMILES string of the molecule is Cc1ccccc1OCC(=O)Nc1ccc(S(=O)(=O)N2C[C@H](C)Oc3ccccc32)cc1. The molecule has 1 aliphatic rings. The van der Waals surface area contributed by atoms with Crippen LogP contribution in [0.3, 0.4) is 0 Å². The molecule has 0 radical (unpaired) electrons. The van der Waals surface area contributed by atoms with E-state index < -0.39 is 10.0 Å². The van der Waals surface area contributed by atoms with Crippen LogP contribution in [0.5, 0.6) is 11.5 Å². The number of amides is 1. The fraction of sp³-hybridized carbons (Fsp3) is 0.208. The lowest BCUT2D eigenvalue weighted by Gasteiger charge is -2.34. The second-order valence-electron chi connectivity index (χ2n) is 7.56. The molecule has 0 bridgehead atoms. The molecule has 1 aliphatic heterocycles. The molecule has 4 rings (SSSR count). The first-order chi connectivity index (χ1) is 15.3. The summed E-state index contributed by atoms with van der Waals surface area (Å²) < 4.78 is 39.2. The number of para-hydroxylation sites is 3. The fourth-order valence-corrected chi connectivity index (χ4v) is 5.02. The number of carbonyl (C=O) groups is 1. The minimum absolute atomic E-state index is 0.135. The second kappa shape index (κ2) is 8.92. The quantitative estimate of drug-likeness (QED) is 0.611. The zero-order valence-corrected chi connectivity index (χ0v) is 18.6. The van der Waals surface area contributed by atoms with Crippen molar-refractivity contribution in [3.8, 4) is 11.5 Å².